The van der Waals surface area contributed by atoms with E-state index >= 15 is 0 Å². The highest BCUT2D eigenvalue weighted by molar-refractivity contribution is 9.11. The Kier molecular flexibility index (Phi) is 6.02. The van der Waals surface area contributed by atoms with Crippen molar-refractivity contribution < 1.29 is 0 Å². The highest BCUT2D eigenvalue weighted by Gasteiger charge is 2.12. The van der Waals surface area contributed by atoms with Gasteiger partial charge in [-0.3, -0.25) is 0 Å². The first kappa shape index (κ1) is 13.6. The third-order valence-corrected chi connectivity index (χ3v) is 5.31. The molecule has 1 aromatic rings. The number of nitrogens with one attached hydrogen (secondary N) is 1. The summed E-state index contributed by atoms with van der Waals surface area (Å²) in [6.07, 6.45) is 9.90. The summed E-state index contributed by atoms with van der Waals surface area (Å²) < 4.78 is 1.25. The topological polar surface area (TPSA) is 12.0 Å². The SMILES string of the molecule is Brc1ccc(CCNCCC2CCCCC2)s1. The monoisotopic (exact) mass is 315 g/mol. The van der Waals surface area contributed by atoms with Gasteiger partial charge in [-0.2, -0.15) is 0 Å². The van der Waals surface area contributed by atoms with E-state index in [0.29, 0.717) is 0 Å². The van der Waals surface area contributed by atoms with E-state index < -0.39 is 0 Å². The molecular formula is C14H22BrNS. The minimum absolute atomic E-state index is 1.01. The molecular weight excluding hydrogens is 294 g/mol. The lowest BCUT2D eigenvalue weighted by molar-refractivity contribution is 0.334. The van der Waals surface area contributed by atoms with Gasteiger partial charge in [0, 0.05) is 4.88 Å². The molecule has 1 aliphatic rings. The van der Waals surface area contributed by atoms with Gasteiger partial charge in [-0.1, -0.05) is 32.1 Å². The summed E-state index contributed by atoms with van der Waals surface area (Å²) in [6, 6.07) is 4.36. The molecule has 1 N–H and O–H groups in total. The maximum Gasteiger partial charge on any atom is 0.0701 e. The van der Waals surface area contributed by atoms with Crippen molar-refractivity contribution in [2.75, 3.05) is 13.1 Å². The summed E-state index contributed by atoms with van der Waals surface area (Å²) in [5.41, 5.74) is 0. The number of halogens is 1. The standard InChI is InChI=1S/C14H22BrNS/c15-14-7-6-13(17-14)9-11-16-10-8-12-4-2-1-3-5-12/h6-7,12,16H,1-5,8-11H2. The number of thiophene rings is 1. The smallest absolute Gasteiger partial charge is 0.0701 e. The molecule has 0 bridgehead atoms. The van der Waals surface area contributed by atoms with Crippen LogP contribution in [-0.2, 0) is 6.42 Å². The average Bonchev–Trinajstić information content (AvgIpc) is 2.76. The van der Waals surface area contributed by atoms with Crippen molar-refractivity contribution in [2.24, 2.45) is 5.92 Å². The Hall–Kier alpha value is 0.140. The molecule has 3 heteroatoms. The quantitative estimate of drug-likeness (QED) is 0.756. The molecule has 96 valence electrons. The Labute approximate surface area is 117 Å². The first-order chi connectivity index (χ1) is 8.34. The molecule has 0 unspecified atom stereocenters. The van der Waals surface area contributed by atoms with Gasteiger partial charge in [0.2, 0.25) is 0 Å². The van der Waals surface area contributed by atoms with E-state index in [0.717, 1.165) is 12.5 Å². The van der Waals surface area contributed by atoms with Crippen molar-refractivity contribution >= 4 is 27.3 Å². The van der Waals surface area contributed by atoms with Crippen molar-refractivity contribution in [3.63, 3.8) is 0 Å². The van der Waals surface area contributed by atoms with Gasteiger partial charge in [0.25, 0.3) is 0 Å². The van der Waals surface area contributed by atoms with Gasteiger partial charge in [0.05, 0.1) is 3.79 Å². The summed E-state index contributed by atoms with van der Waals surface area (Å²) in [6.45, 7) is 2.33. The largest absolute Gasteiger partial charge is 0.316 e. The van der Waals surface area contributed by atoms with Crippen LogP contribution in [0.1, 0.15) is 43.4 Å². The second kappa shape index (κ2) is 7.55. The number of hydrogen-bond acceptors (Lipinski definition) is 2. The fourth-order valence-corrected chi connectivity index (χ4v) is 4.09. The van der Waals surface area contributed by atoms with E-state index in [2.05, 4.69) is 33.4 Å². The highest BCUT2D eigenvalue weighted by Crippen LogP contribution is 2.25. The van der Waals surface area contributed by atoms with Crippen LogP contribution in [-0.4, -0.2) is 13.1 Å². The molecule has 0 aliphatic heterocycles. The molecule has 1 aliphatic carbocycles. The van der Waals surface area contributed by atoms with Gasteiger partial charge >= 0.3 is 0 Å². The van der Waals surface area contributed by atoms with Crippen molar-refractivity contribution in [3.05, 3.63) is 20.8 Å². The average molecular weight is 316 g/mol. The molecule has 1 heterocycles. The molecule has 0 amide bonds. The fourth-order valence-electron chi connectivity index (χ4n) is 2.60. The summed E-state index contributed by atoms with van der Waals surface area (Å²) >= 11 is 5.36. The second-order valence-electron chi connectivity index (χ2n) is 5.00. The van der Waals surface area contributed by atoms with Crippen LogP contribution >= 0.6 is 27.3 Å². The Balaban J connectivity index is 1.51. The number of hydrogen-bond donors (Lipinski definition) is 1. The second-order valence-corrected chi connectivity index (χ2v) is 7.55. The molecule has 0 radical (unpaired) electrons. The van der Waals surface area contributed by atoms with E-state index in [4.69, 9.17) is 0 Å². The third-order valence-electron chi connectivity index (χ3n) is 3.63. The van der Waals surface area contributed by atoms with Crippen LogP contribution in [0.15, 0.2) is 15.9 Å². The lowest BCUT2D eigenvalue weighted by Gasteiger charge is -2.21. The van der Waals surface area contributed by atoms with Gasteiger partial charge in [-0.05, 0) is 59.9 Å². The van der Waals surface area contributed by atoms with Crippen LogP contribution in [0.2, 0.25) is 0 Å². The third kappa shape index (κ3) is 5.11. The van der Waals surface area contributed by atoms with Crippen molar-refractivity contribution in [2.45, 2.75) is 44.9 Å². The molecule has 0 atom stereocenters. The lowest BCUT2D eigenvalue weighted by Crippen LogP contribution is -2.21. The maximum atomic E-state index is 3.58. The molecule has 17 heavy (non-hydrogen) atoms. The maximum absolute atomic E-state index is 3.58. The summed E-state index contributed by atoms with van der Waals surface area (Å²) in [5.74, 6) is 1.01. The zero-order chi connectivity index (χ0) is 11.9. The van der Waals surface area contributed by atoms with Crippen LogP contribution < -0.4 is 5.32 Å². The summed E-state index contributed by atoms with van der Waals surface area (Å²) in [7, 11) is 0. The molecule has 1 fully saturated rings. The Bertz CT molecular complexity index is 318. The van der Waals surface area contributed by atoms with E-state index in [9.17, 15) is 0 Å². The number of rotatable bonds is 6. The fraction of sp³-hybridized carbons (Fsp3) is 0.714. The zero-order valence-corrected chi connectivity index (χ0v) is 12.8. The minimum Gasteiger partial charge on any atom is -0.316 e. The van der Waals surface area contributed by atoms with Crippen molar-refractivity contribution in [1.29, 1.82) is 0 Å². The van der Waals surface area contributed by atoms with Crippen molar-refractivity contribution in [3.8, 4) is 0 Å². The Morgan fingerprint density at radius 1 is 1.18 bits per heavy atom. The van der Waals surface area contributed by atoms with Gasteiger partial charge in [-0.25, -0.2) is 0 Å². The van der Waals surface area contributed by atoms with Crippen LogP contribution in [0.4, 0.5) is 0 Å². The van der Waals surface area contributed by atoms with Crippen LogP contribution in [0, 0.1) is 5.92 Å². The summed E-state index contributed by atoms with van der Waals surface area (Å²) in [5, 5.41) is 3.58. The molecule has 0 aromatic carbocycles. The first-order valence-corrected chi connectivity index (χ1v) is 8.40. The first-order valence-electron chi connectivity index (χ1n) is 6.79. The van der Waals surface area contributed by atoms with Crippen molar-refractivity contribution in [1.82, 2.24) is 5.32 Å². The van der Waals surface area contributed by atoms with Gasteiger partial charge < -0.3 is 5.32 Å². The molecule has 0 saturated heterocycles. The van der Waals surface area contributed by atoms with E-state index in [1.165, 1.54) is 60.2 Å². The molecule has 2 rings (SSSR count). The predicted molar refractivity (Wildman–Crippen MR) is 79.8 cm³/mol. The van der Waals surface area contributed by atoms with Crippen LogP contribution in [0.25, 0.3) is 0 Å². The van der Waals surface area contributed by atoms with E-state index in [1.54, 1.807) is 0 Å². The van der Waals surface area contributed by atoms with Crippen LogP contribution in [0.5, 0.6) is 0 Å². The lowest BCUT2D eigenvalue weighted by atomic mass is 9.87. The van der Waals surface area contributed by atoms with Gasteiger partial charge in [0.1, 0.15) is 0 Å². The van der Waals surface area contributed by atoms with E-state index in [-0.39, 0.29) is 0 Å². The van der Waals surface area contributed by atoms with Gasteiger partial charge in [0.15, 0.2) is 0 Å². The Morgan fingerprint density at radius 2 is 2.00 bits per heavy atom. The highest BCUT2D eigenvalue weighted by atomic mass is 79.9. The summed E-state index contributed by atoms with van der Waals surface area (Å²) in [4.78, 5) is 1.47. The van der Waals surface area contributed by atoms with Crippen LogP contribution in [0.3, 0.4) is 0 Å². The Morgan fingerprint density at radius 3 is 2.71 bits per heavy atom. The molecule has 1 saturated carbocycles. The molecule has 1 aromatic heterocycles. The minimum atomic E-state index is 1.01. The zero-order valence-electron chi connectivity index (χ0n) is 10.4. The molecule has 1 nitrogen and oxygen atoms in total. The van der Waals surface area contributed by atoms with E-state index in [1.807, 2.05) is 11.3 Å². The predicted octanol–water partition coefficient (Wildman–Crippen LogP) is 4.61. The molecule has 0 spiro atoms. The van der Waals surface area contributed by atoms with Gasteiger partial charge in [-0.15, -0.1) is 11.3 Å². The normalized spacial score (nSPS) is 17.5.